The van der Waals surface area contributed by atoms with Crippen LogP contribution >= 0.6 is 0 Å². The minimum Gasteiger partial charge on any atom is -0.529 e. The highest BCUT2D eigenvalue weighted by molar-refractivity contribution is 5.88. The molecule has 0 saturated heterocycles. The average Bonchev–Trinajstić information content (AvgIpc) is 2.55. The lowest BCUT2D eigenvalue weighted by Crippen LogP contribution is -2.47. The van der Waals surface area contributed by atoms with Crippen molar-refractivity contribution in [2.24, 2.45) is 0 Å². The molecule has 1 aromatic carbocycles. The number of carboxylic acid groups (broad SMARTS) is 1. The Bertz CT molecular complexity index is 622. The summed E-state index contributed by atoms with van der Waals surface area (Å²) in [6, 6.07) is 8.95. The largest absolute Gasteiger partial charge is 0.529 e. The van der Waals surface area contributed by atoms with Crippen molar-refractivity contribution in [2.75, 3.05) is 18.6 Å². The molecule has 5 nitrogen and oxygen atoms in total. The van der Waals surface area contributed by atoms with Gasteiger partial charge in [0.2, 0.25) is 0 Å². The molecule has 0 unspecified atom stereocenters. The Morgan fingerprint density at radius 3 is 2.64 bits per heavy atom. The number of carbonyl (C=O) groups is 1. The van der Waals surface area contributed by atoms with Gasteiger partial charge in [0, 0.05) is 5.69 Å². The zero-order valence-corrected chi connectivity index (χ0v) is 12.6. The van der Waals surface area contributed by atoms with Crippen molar-refractivity contribution in [1.29, 1.82) is 0 Å². The maximum absolute atomic E-state index is 11.7. The number of nitrogens with zero attached hydrogens (tertiary/aromatic N) is 2. The molecule has 1 heterocycles. The number of carbonyl (C=O) groups excluding carboxylic acids is 1. The van der Waals surface area contributed by atoms with Gasteiger partial charge in [-0.15, -0.1) is 0 Å². The van der Waals surface area contributed by atoms with Gasteiger partial charge in [-0.05, 0) is 55.0 Å². The van der Waals surface area contributed by atoms with Gasteiger partial charge in [0.15, 0.2) is 0 Å². The van der Waals surface area contributed by atoms with Crippen LogP contribution in [0.25, 0.3) is 0 Å². The van der Waals surface area contributed by atoms with Crippen LogP contribution in [0.5, 0.6) is 0 Å². The van der Waals surface area contributed by atoms with Gasteiger partial charge in [0.25, 0.3) is 0 Å². The molecular formula is C17H19N2O3-. The monoisotopic (exact) mass is 299 g/mol. The van der Waals surface area contributed by atoms with Gasteiger partial charge >= 0.3 is 0 Å². The highest BCUT2D eigenvalue weighted by atomic mass is 16.7. The van der Waals surface area contributed by atoms with Gasteiger partial charge in [-0.2, -0.15) is 0 Å². The van der Waals surface area contributed by atoms with Crippen LogP contribution in [0.15, 0.2) is 53.4 Å². The molecule has 1 aliphatic heterocycles. The molecule has 5 heteroatoms. The van der Waals surface area contributed by atoms with Gasteiger partial charge in [-0.25, -0.2) is 5.06 Å². The molecule has 1 aliphatic carbocycles. The quantitative estimate of drug-likeness (QED) is 0.860. The third kappa shape index (κ3) is 2.72. The van der Waals surface area contributed by atoms with E-state index in [2.05, 4.69) is 0 Å². The van der Waals surface area contributed by atoms with Crippen LogP contribution in [0.3, 0.4) is 0 Å². The predicted octanol–water partition coefficient (Wildman–Crippen LogP) is 2.43. The molecule has 116 valence electrons. The van der Waals surface area contributed by atoms with E-state index in [1.54, 1.807) is 36.4 Å². The highest BCUT2D eigenvalue weighted by Crippen LogP contribution is 2.34. The second-order valence-electron chi connectivity index (χ2n) is 5.49. The third-order valence-electron chi connectivity index (χ3n) is 4.17. The maximum Gasteiger partial charge on any atom is 0.147 e. The lowest BCUT2D eigenvalue weighted by molar-refractivity contribution is -0.247. The molecular weight excluding hydrogens is 280 g/mol. The molecule has 0 aromatic heterocycles. The smallest absolute Gasteiger partial charge is 0.147 e. The second-order valence-corrected chi connectivity index (χ2v) is 5.49. The Hall–Kier alpha value is -2.27. The third-order valence-corrected chi connectivity index (χ3v) is 4.17. The van der Waals surface area contributed by atoms with E-state index in [4.69, 9.17) is 4.84 Å². The van der Waals surface area contributed by atoms with Crippen LogP contribution in [0.1, 0.15) is 25.7 Å². The van der Waals surface area contributed by atoms with E-state index >= 15 is 0 Å². The zero-order chi connectivity index (χ0) is 15.5. The Morgan fingerprint density at radius 1 is 1.23 bits per heavy atom. The number of hydroxylamine groups is 2. The average molecular weight is 299 g/mol. The fourth-order valence-electron chi connectivity index (χ4n) is 3.07. The molecule has 2 aliphatic rings. The molecule has 0 spiro atoms. The van der Waals surface area contributed by atoms with Crippen LogP contribution in [0, 0.1) is 0 Å². The van der Waals surface area contributed by atoms with Crippen LogP contribution in [-0.2, 0) is 4.84 Å². The predicted molar refractivity (Wildman–Crippen MR) is 81.6 cm³/mol. The first kappa shape index (κ1) is 14.7. The number of para-hydroxylation sites is 1. The zero-order valence-electron chi connectivity index (χ0n) is 12.6. The standard InChI is InChI=1S/C17H20N2O3/c1-22-18-12-14-8-6-5-7-13(14)11-16(18)19(17(20)21)15-9-3-2-4-10-15/h2-4,9-11H,5-8,12H2,1H3,(H,20,21)/p-1. The molecule has 22 heavy (non-hydrogen) atoms. The van der Waals surface area contributed by atoms with Crippen LogP contribution in [-0.4, -0.2) is 24.8 Å². The van der Waals surface area contributed by atoms with E-state index in [1.807, 2.05) is 12.1 Å². The summed E-state index contributed by atoms with van der Waals surface area (Å²) in [5.41, 5.74) is 3.12. The topological polar surface area (TPSA) is 55.8 Å². The number of rotatable bonds is 3. The van der Waals surface area contributed by atoms with Crippen molar-refractivity contribution in [3.05, 3.63) is 53.4 Å². The highest BCUT2D eigenvalue weighted by Gasteiger charge is 2.27. The van der Waals surface area contributed by atoms with Crippen molar-refractivity contribution >= 4 is 11.8 Å². The first-order chi connectivity index (χ1) is 10.7. The first-order valence-electron chi connectivity index (χ1n) is 7.51. The summed E-state index contributed by atoms with van der Waals surface area (Å²) in [6.45, 7) is 0.605. The molecule has 0 N–H and O–H groups in total. The number of hydrogen-bond donors (Lipinski definition) is 0. The molecule has 0 fully saturated rings. The van der Waals surface area contributed by atoms with Gasteiger partial charge in [-0.1, -0.05) is 18.2 Å². The summed E-state index contributed by atoms with van der Waals surface area (Å²) >= 11 is 0. The summed E-state index contributed by atoms with van der Waals surface area (Å²) in [4.78, 5) is 18.3. The molecule has 1 amide bonds. The Labute approximate surface area is 130 Å². The minimum atomic E-state index is -1.26. The van der Waals surface area contributed by atoms with Crippen LogP contribution in [0.4, 0.5) is 10.5 Å². The van der Waals surface area contributed by atoms with Gasteiger partial charge < -0.3 is 9.90 Å². The minimum absolute atomic E-state index is 0.495. The fourth-order valence-corrected chi connectivity index (χ4v) is 3.07. The van der Waals surface area contributed by atoms with Crippen LogP contribution in [0.2, 0.25) is 0 Å². The van der Waals surface area contributed by atoms with Crippen molar-refractivity contribution in [3.8, 4) is 0 Å². The number of amides is 1. The molecule has 1 aromatic rings. The lowest BCUT2D eigenvalue weighted by Gasteiger charge is -2.38. The molecule has 3 rings (SSSR count). The molecule has 0 radical (unpaired) electrons. The van der Waals surface area contributed by atoms with Crippen molar-refractivity contribution in [3.63, 3.8) is 0 Å². The van der Waals surface area contributed by atoms with E-state index in [0.717, 1.165) is 19.3 Å². The lowest BCUT2D eigenvalue weighted by atomic mass is 9.89. The van der Waals surface area contributed by atoms with Gasteiger partial charge in [0.1, 0.15) is 11.9 Å². The molecule has 0 atom stereocenters. The van der Waals surface area contributed by atoms with E-state index in [9.17, 15) is 9.90 Å². The van der Waals surface area contributed by atoms with E-state index in [0.29, 0.717) is 18.1 Å². The van der Waals surface area contributed by atoms with Gasteiger partial charge in [-0.3, -0.25) is 9.74 Å². The summed E-state index contributed by atoms with van der Waals surface area (Å²) in [5, 5.41) is 13.3. The normalized spacial score (nSPS) is 17.9. The summed E-state index contributed by atoms with van der Waals surface area (Å²) < 4.78 is 0. The van der Waals surface area contributed by atoms with E-state index in [-0.39, 0.29) is 0 Å². The summed E-state index contributed by atoms with van der Waals surface area (Å²) in [5.74, 6) is 0.495. The Balaban J connectivity index is 2.03. The van der Waals surface area contributed by atoms with Crippen molar-refractivity contribution in [2.45, 2.75) is 25.7 Å². The van der Waals surface area contributed by atoms with Crippen LogP contribution < -0.4 is 10.0 Å². The number of anilines is 1. The summed E-state index contributed by atoms with van der Waals surface area (Å²) in [6.07, 6.45) is 5.03. The Kier molecular flexibility index (Phi) is 4.15. The summed E-state index contributed by atoms with van der Waals surface area (Å²) in [7, 11) is 1.56. The molecule has 0 bridgehead atoms. The van der Waals surface area contributed by atoms with Gasteiger partial charge in [0.05, 0.1) is 13.7 Å². The second kappa shape index (κ2) is 6.23. The number of benzene rings is 1. The maximum atomic E-state index is 11.7. The van der Waals surface area contributed by atoms with Crippen molar-refractivity contribution in [1.82, 2.24) is 5.06 Å². The number of allylic oxidation sites excluding steroid dienone is 2. The Morgan fingerprint density at radius 2 is 1.95 bits per heavy atom. The molecule has 0 saturated carbocycles. The SMILES string of the molecule is CON1CC2=C(C=C1N(C(=O)[O-])c1ccccc1)CCCC2. The fraction of sp³-hybridized carbons (Fsp3) is 0.353. The number of hydrogen-bond acceptors (Lipinski definition) is 4. The van der Waals surface area contributed by atoms with E-state index < -0.39 is 6.09 Å². The van der Waals surface area contributed by atoms with Crippen molar-refractivity contribution < 1.29 is 14.7 Å². The first-order valence-corrected chi connectivity index (χ1v) is 7.51. The van der Waals surface area contributed by atoms with E-state index in [1.165, 1.54) is 22.5 Å².